The highest BCUT2D eigenvalue weighted by Gasteiger charge is 2.39. The standard InChI is InChI=1S/C17H25N3O/c1-17(2,16(21)19-15-6-4-3-5-7-15)12-20-10-13-8-18-9-14(13)11-20/h3-7,13-14,18H,8-12H2,1-2H3,(H,19,21). The minimum Gasteiger partial charge on any atom is -0.326 e. The molecule has 2 atom stereocenters. The summed E-state index contributed by atoms with van der Waals surface area (Å²) in [5.74, 6) is 1.65. The Morgan fingerprint density at radius 3 is 2.48 bits per heavy atom. The van der Waals surface area contributed by atoms with E-state index in [1.54, 1.807) is 0 Å². The highest BCUT2D eigenvalue weighted by molar-refractivity contribution is 5.94. The van der Waals surface area contributed by atoms with Crippen LogP contribution in [0.15, 0.2) is 30.3 Å². The molecule has 1 aromatic carbocycles. The molecule has 2 aliphatic heterocycles. The Balaban J connectivity index is 1.57. The minimum absolute atomic E-state index is 0.101. The Morgan fingerprint density at radius 2 is 1.86 bits per heavy atom. The number of hydrogen-bond donors (Lipinski definition) is 2. The van der Waals surface area contributed by atoms with Crippen molar-refractivity contribution in [1.82, 2.24) is 10.2 Å². The van der Waals surface area contributed by atoms with Crippen LogP contribution in [0.25, 0.3) is 0 Å². The molecule has 0 aliphatic carbocycles. The van der Waals surface area contributed by atoms with Crippen molar-refractivity contribution in [2.45, 2.75) is 13.8 Å². The fourth-order valence-corrected chi connectivity index (χ4v) is 3.53. The van der Waals surface area contributed by atoms with Crippen LogP contribution in [0.4, 0.5) is 5.69 Å². The Labute approximate surface area is 126 Å². The van der Waals surface area contributed by atoms with Gasteiger partial charge in [-0.05, 0) is 50.9 Å². The van der Waals surface area contributed by atoms with Gasteiger partial charge in [-0.1, -0.05) is 18.2 Å². The molecule has 2 aliphatic rings. The fourth-order valence-electron chi connectivity index (χ4n) is 3.53. The maximum absolute atomic E-state index is 12.5. The van der Waals surface area contributed by atoms with E-state index >= 15 is 0 Å². The van der Waals surface area contributed by atoms with Gasteiger partial charge in [-0.2, -0.15) is 0 Å². The van der Waals surface area contributed by atoms with E-state index in [0.717, 1.165) is 50.2 Å². The second kappa shape index (κ2) is 5.78. The number of carbonyl (C=O) groups is 1. The van der Waals surface area contributed by atoms with Gasteiger partial charge in [0.2, 0.25) is 5.91 Å². The van der Waals surface area contributed by atoms with Gasteiger partial charge in [-0.15, -0.1) is 0 Å². The van der Waals surface area contributed by atoms with Gasteiger partial charge in [-0.25, -0.2) is 0 Å². The number of likely N-dealkylation sites (tertiary alicyclic amines) is 1. The predicted molar refractivity (Wildman–Crippen MR) is 85.1 cm³/mol. The average Bonchev–Trinajstić information content (AvgIpc) is 3.00. The van der Waals surface area contributed by atoms with E-state index in [0.29, 0.717) is 0 Å². The van der Waals surface area contributed by atoms with E-state index in [4.69, 9.17) is 0 Å². The van der Waals surface area contributed by atoms with Crippen LogP contribution in [0.3, 0.4) is 0 Å². The number of nitrogens with one attached hydrogen (secondary N) is 2. The summed E-state index contributed by atoms with van der Waals surface area (Å²) in [7, 11) is 0. The van der Waals surface area contributed by atoms with E-state index < -0.39 is 0 Å². The number of rotatable bonds is 4. The predicted octanol–water partition coefficient (Wildman–Crippen LogP) is 1.80. The number of carbonyl (C=O) groups excluding carboxylic acids is 1. The summed E-state index contributed by atoms with van der Waals surface area (Å²) in [6.45, 7) is 9.43. The summed E-state index contributed by atoms with van der Waals surface area (Å²) in [4.78, 5) is 15.0. The Hall–Kier alpha value is -1.39. The molecule has 0 aromatic heterocycles. The lowest BCUT2D eigenvalue weighted by Gasteiger charge is -2.29. The van der Waals surface area contributed by atoms with Crippen molar-refractivity contribution < 1.29 is 4.79 Å². The molecular formula is C17H25N3O. The Bertz CT molecular complexity index is 488. The third kappa shape index (κ3) is 3.27. The molecule has 1 amide bonds. The van der Waals surface area contributed by atoms with Crippen LogP contribution in [-0.4, -0.2) is 43.5 Å². The summed E-state index contributed by atoms with van der Waals surface area (Å²) in [5.41, 5.74) is 0.500. The maximum Gasteiger partial charge on any atom is 0.231 e. The molecule has 21 heavy (non-hydrogen) atoms. The Morgan fingerprint density at radius 1 is 1.24 bits per heavy atom. The van der Waals surface area contributed by atoms with Gasteiger partial charge in [0.1, 0.15) is 0 Å². The summed E-state index contributed by atoms with van der Waals surface area (Å²) in [6.07, 6.45) is 0. The van der Waals surface area contributed by atoms with Crippen molar-refractivity contribution in [3.63, 3.8) is 0 Å². The van der Waals surface area contributed by atoms with Gasteiger partial charge in [0.15, 0.2) is 0 Å². The van der Waals surface area contributed by atoms with Crippen LogP contribution in [0, 0.1) is 17.3 Å². The third-order valence-electron chi connectivity index (χ3n) is 4.73. The molecular weight excluding hydrogens is 262 g/mol. The Kier molecular flexibility index (Phi) is 4.00. The number of fused-ring (bicyclic) bond motifs is 1. The molecule has 0 radical (unpaired) electrons. The zero-order valence-corrected chi connectivity index (χ0v) is 12.9. The van der Waals surface area contributed by atoms with Gasteiger partial charge in [0.25, 0.3) is 0 Å². The van der Waals surface area contributed by atoms with E-state index in [1.807, 2.05) is 44.2 Å². The molecule has 4 heteroatoms. The van der Waals surface area contributed by atoms with Crippen molar-refractivity contribution in [3.05, 3.63) is 30.3 Å². The molecule has 0 saturated carbocycles. The normalized spacial score (nSPS) is 25.8. The van der Waals surface area contributed by atoms with Crippen LogP contribution in [0.1, 0.15) is 13.8 Å². The quantitative estimate of drug-likeness (QED) is 0.887. The van der Waals surface area contributed by atoms with Gasteiger partial charge >= 0.3 is 0 Å². The number of benzene rings is 1. The molecule has 114 valence electrons. The minimum atomic E-state index is -0.373. The molecule has 4 nitrogen and oxygen atoms in total. The second-order valence-electron chi connectivity index (χ2n) is 7.08. The van der Waals surface area contributed by atoms with E-state index in [2.05, 4.69) is 15.5 Å². The van der Waals surface area contributed by atoms with E-state index in [9.17, 15) is 4.79 Å². The summed E-state index contributed by atoms with van der Waals surface area (Å²) in [6, 6.07) is 9.70. The smallest absolute Gasteiger partial charge is 0.231 e. The topological polar surface area (TPSA) is 44.4 Å². The second-order valence-corrected chi connectivity index (χ2v) is 7.08. The molecule has 2 unspecified atom stereocenters. The van der Waals surface area contributed by atoms with Crippen molar-refractivity contribution in [3.8, 4) is 0 Å². The first-order valence-electron chi connectivity index (χ1n) is 7.84. The fraction of sp³-hybridized carbons (Fsp3) is 0.588. The number of amides is 1. The lowest BCUT2D eigenvalue weighted by atomic mass is 9.91. The van der Waals surface area contributed by atoms with E-state index in [1.165, 1.54) is 0 Å². The monoisotopic (exact) mass is 287 g/mol. The van der Waals surface area contributed by atoms with Crippen LogP contribution in [0.2, 0.25) is 0 Å². The first kappa shape index (κ1) is 14.5. The van der Waals surface area contributed by atoms with Crippen molar-refractivity contribution in [2.24, 2.45) is 17.3 Å². The van der Waals surface area contributed by atoms with Gasteiger partial charge in [-0.3, -0.25) is 4.79 Å². The highest BCUT2D eigenvalue weighted by atomic mass is 16.2. The number of para-hydroxylation sites is 1. The molecule has 2 saturated heterocycles. The SMILES string of the molecule is CC(C)(CN1CC2CNCC2C1)C(=O)Nc1ccccc1. The zero-order valence-electron chi connectivity index (χ0n) is 12.9. The molecule has 2 N–H and O–H groups in total. The van der Waals surface area contributed by atoms with Crippen LogP contribution in [0.5, 0.6) is 0 Å². The van der Waals surface area contributed by atoms with Gasteiger partial charge in [0, 0.05) is 25.3 Å². The first-order chi connectivity index (χ1) is 10.0. The third-order valence-corrected chi connectivity index (χ3v) is 4.73. The van der Waals surface area contributed by atoms with E-state index in [-0.39, 0.29) is 11.3 Å². The first-order valence-corrected chi connectivity index (χ1v) is 7.84. The van der Waals surface area contributed by atoms with Crippen LogP contribution in [-0.2, 0) is 4.79 Å². The molecule has 3 rings (SSSR count). The number of hydrogen-bond acceptors (Lipinski definition) is 3. The number of nitrogens with zero attached hydrogens (tertiary/aromatic N) is 1. The molecule has 2 heterocycles. The number of anilines is 1. The zero-order chi connectivity index (χ0) is 14.9. The lowest BCUT2D eigenvalue weighted by molar-refractivity contribution is -0.124. The maximum atomic E-state index is 12.5. The summed E-state index contributed by atoms with van der Waals surface area (Å²) >= 11 is 0. The van der Waals surface area contributed by atoms with Gasteiger partial charge < -0.3 is 15.5 Å². The van der Waals surface area contributed by atoms with Crippen molar-refractivity contribution in [2.75, 3.05) is 38.0 Å². The molecule has 0 spiro atoms. The average molecular weight is 287 g/mol. The van der Waals surface area contributed by atoms with Crippen molar-refractivity contribution >= 4 is 11.6 Å². The summed E-state index contributed by atoms with van der Waals surface area (Å²) < 4.78 is 0. The largest absolute Gasteiger partial charge is 0.326 e. The van der Waals surface area contributed by atoms with Crippen molar-refractivity contribution in [1.29, 1.82) is 0 Å². The van der Waals surface area contributed by atoms with Crippen LogP contribution < -0.4 is 10.6 Å². The molecule has 0 bridgehead atoms. The molecule has 1 aromatic rings. The van der Waals surface area contributed by atoms with Crippen LogP contribution >= 0.6 is 0 Å². The summed E-state index contributed by atoms with van der Waals surface area (Å²) in [5, 5.41) is 6.49. The molecule has 2 fully saturated rings. The highest BCUT2D eigenvalue weighted by Crippen LogP contribution is 2.29. The lowest BCUT2D eigenvalue weighted by Crippen LogP contribution is -2.42. The van der Waals surface area contributed by atoms with Gasteiger partial charge in [0.05, 0.1) is 5.41 Å².